The molecule has 0 saturated heterocycles. The normalized spacial score (nSPS) is 10.4. The highest BCUT2D eigenvalue weighted by Crippen LogP contribution is 2.16. The summed E-state index contributed by atoms with van der Waals surface area (Å²) >= 11 is 3.21. The number of benzene rings is 1. The molecule has 0 bridgehead atoms. The van der Waals surface area contributed by atoms with Crippen LogP contribution in [0.5, 0.6) is 0 Å². The Morgan fingerprint density at radius 1 is 1.44 bits per heavy atom. The van der Waals surface area contributed by atoms with Crippen LogP contribution in [-0.2, 0) is 4.74 Å². The Labute approximate surface area is 103 Å². The van der Waals surface area contributed by atoms with Gasteiger partial charge >= 0.3 is 0 Å². The van der Waals surface area contributed by atoms with E-state index in [0.717, 1.165) is 6.42 Å². The van der Waals surface area contributed by atoms with Crippen molar-refractivity contribution in [2.45, 2.75) is 19.8 Å². The molecular weight excluding hydrogens is 275 g/mol. The van der Waals surface area contributed by atoms with Crippen LogP contribution in [0.3, 0.4) is 0 Å². The highest BCUT2D eigenvalue weighted by Gasteiger charge is 2.11. The van der Waals surface area contributed by atoms with Crippen molar-refractivity contribution in [1.82, 2.24) is 0 Å². The lowest BCUT2D eigenvalue weighted by molar-refractivity contribution is 0.0875. The first kappa shape index (κ1) is 13.3. The minimum absolute atomic E-state index is 0.120. The van der Waals surface area contributed by atoms with Crippen LogP contribution < -0.4 is 0 Å². The van der Waals surface area contributed by atoms with Crippen LogP contribution in [0.1, 0.15) is 30.1 Å². The molecule has 2 nitrogen and oxygen atoms in total. The van der Waals surface area contributed by atoms with Crippen molar-refractivity contribution in [2.75, 3.05) is 13.2 Å². The van der Waals surface area contributed by atoms with Crippen LogP contribution in [0, 0.1) is 5.82 Å². The summed E-state index contributed by atoms with van der Waals surface area (Å²) in [5, 5.41) is 0. The fourth-order valence-electron chi connectivity index (χ4n) is 1.26. The number of carbonyl (C=O) groups excluding carboxylic acids is 1. The van der Waals surface area contributed by atoms with E-state index in [2.05, 4.69) is 15.9 Å². The zero-order valence-corrected chi connectivity index (χ0v) is 10.7. The third-order valence-electron chi connectivity index (χ3n) is 2.05. The summed E-state index contributed by atoms with van der Waals surface area (Å²) in [7, 11) is 0. The predicted octanol–water partition coefficient (Wildman–Crippen LogP) is 3.59. The fourth-order valence-corrected chi connectivity index (χ4v) is 1.62. The summed E-state index contributed by atoms with van der Waals surface area (Å²) in [6, 6.07) is 4.35. The standard InChI is InChI=1S/C12H14BrFO2/c1-2-6-16-7-5-12(15)10-8-9(13)3-4-11(10)14/h3-4,8H,2,5-7H2,1H3. The third-order valence-corrected chi connectivity index (χ3v) is 2.54. The molecule has 0 aliphatic rings. The van der Waals surface area contributed by atoms with Crippen molar-refractivity contribution in [3.8, 4) is 0 Å². The van der Waals surface area contributed by atoms with Crippen molar-refractivity contribution < 1.29 is 13.9 Å². The molecule has 1 rings (SSSR count). The van der Waals surface area contributed by atoms with E-state index in [4.69, 9.17) is 4.74 Å². The van der Waals surface area contributed by atoms with Gasteiger partial charge in [0, 0.05) is 17.5 Å². The molecular formula is C12H14BrFO2. The van der Waals surface area contributed by atoms with Crippen LogP contribution in [0.25, 0.3) is 0 Å². The van der Waals surface area contributed by atoms with Gasteiger partial charge in [0.25, 0.3) is 0 Å². The number of hydrogen-bond acceptors (Lipinski definition) is 2. The summed E-state index contributed by atoms with van der Waals surface area (Å²) in [6.45, 7) is 2.97. The van der Waals surface area contributed by atoms with E-state index in [0.29, 0.717) is 17.7 Å². The van der Waals surface area contributed by atoms with E-state index in [1.807, 2.05) is 6.92 Å². The van der Waals surface area contributed by atoms with Crippen LogP contribution in [0.4, 0.5) is 4.39 Å². The van der Waals surface area contributed by atoms with Crippen molar-refractivity contribution in [1.29, 1.82) is 0 Å². The summed E-state index contributed by atoms with van der Waals surface area (Å²) < 4.78 is 19.2. The van der Waals surface area contributed by atoms with Crippen molar-refractivity contribution >= 4 is 21.7 Å². The molecule has 0 unspecified atom stereocenters. The Kier molecular flexibility index (Phi) is 5.63. The second-order valence-electron chi connectivity index (χ2n) is 3.41. The average molecular weight is 289 g/mol. The van der Waals surface area contributed by atoms with E-state index < -0.39 is 5.82 Å². The Morgan fingerprint density at radius 2 is 2.19 bits per heavy atom. The molecule has 0 heterocycles. The quantitative estimate of drug-likeness (QED) is 0.591. The fraction of sp³-hybridized carbons (Fsp3) is 0.417. The Bertz CT molecular complexity index is 366. The summed E-state index contributed by atoms with van der Waals surface area (Å²) in [6.07, 6.45) is 1.13. The number of halogens is 2. The highest BCUT2D eigenvalue weighted by molar-refractivity contribution is 9.10. The number of rotatable bonds is 6. The van der Waals surface area contributed by atoms with Gasteiger partial charge in [-0.1, -0.05) is 22.9 Å². The molecule has 0 aliphatic heterocycles. The number of carbonyl (C=O) groups is 1. The molecule has 0 N–H and O–H groups in total. The lowest BCUT2D eigenvalue weighted by Crippen LogP contribution is -2.07. The molecule has 88 valence electrons. The van der Waals surface area contributed by atoms with Gasteiger partial charge in [-0.15, -0.1) is 0 Å². The smallest absolute Gasteiger partial charge is 0.168 e. The molecule has 4 heteroatoms. The van der Waals surface area contributed by atoms with Crippen LogP contribution >= 0.6 is 15.9 Å². The molecule has 0 saturated carbocycles. The van der Waals surface area contributed by atoms with Gasteiger partial charge in [-0.3, -0.25) is 4.79 Å². The number of hydrogen-bond donors (Lipinski definition) is 0. The van der Waals surface area contributed by atoms with Crippen molar-refractivity contribution in [3.05, 3.63) is 34.1 Å². The zero-order chi connectivity index (χ0) is 12.0. The maximum absolute atomic E-state index is 13.3. The van der Waals surface area contributed by atoms with E-state index in [1.165, 1.54) is 12.1 Å². The molecule has 0 atom stereocenters. The Balaban J connectivity index is 2.55. The first-order chi connectivity index (χ1) is 7.65. The topological polar surface area (TPSA) is 26.3 Å². The summed E-state index contributed by atoms with van der Waals surface area (Å²) in [4.78, 5) is 11.6. The maximum Gasteiger partial charge on any atom is 0.168 e. The van der Waals surface area contributed by atoms with E-state index in [9.17, 15) is 9.18 Å². The average Bonchev–Trinajstić information content (AvgIpc) is 2.27. The van der Waals surface area contributed by atoms with Gasteiger partial charge in [-0.05, 0) is 24.6 Å². The number of ether oxygens (including phenoxy) is 1. The van der Waals surface area contributed by atoms with Crippen LogP contribution in [0.15, 0.2) is 22.7 Å². The van der Waals surface area contributed by atoms with Crippen LogP contribution in [0.2, 0.25) is 0 Å². The highest BCUT2D eigenvalue weighted by atomic mass is 79.9. The van der Waals surface area contributed by atoms with Crippen LogP contribution in [-0.4, -0.2) is 19.0 Å². The summed E-state index contributed by atoms with van der Waals surface area (Å²) in [5.41, 5.74) is 0.120. The number of Topliss-reactive ketones (excluding diaryl/α,β-unsaturated/α-hetero) is 1. The number of ketones is 1. The van der Waals surface area contributed by atoms with E-state index >= 15 is 0 Å². The molecule has 16 heavy (non-hydrogen) atoms. The van der Waals surface area contributed by atoms with E-state index in [-0.39, 0.29) is 17.8 Å². The predicted molar refractivity (Wildman–Crippen MR) is 64.2 cm³/mol. The largest absolute Gasteiger partial charge is 0.381 e. The van der Waals surface area contributed by atoms with Gasteiger partial charge in [0.1, 0.15) is 5.82 Å². The van der Waals surface area contributed by atoms with Gasteiger partial charge in [0.15, 0.2) is 5.78 Å². The lowest BCUT2D eigenvalue weighted by Gasteiger charge is -2.04. The van der Waals surface area contributed by atoms with Gasteiger partial charge in [-0.2, -0.15) is 0 Å². The second kappa shape index (κ2) is 6.76. The molecule has 1 aromatic rings. The van der Waals surface area contributed by atoms with Crippen molar-refractivity contribution in [2.24, 2.45) is 0 Å². The summed E-state index contributed by atoms with van der Waals surface area (Å²) in [5.74, 6) is -0.710. The molecule has 1 aromatic carbocycles. The molecule has 0 aliphatic carbocycles. The SMILES string of the molecule is CCCOCCC(=O)c1cc(Br)ccc1F. The van der Waals surface area contributed by atoms with Gasteiger partial charge in [0.2, 0.25) is 0 Å². The Hall–Kier alpha value is -0.740. The van der Waals surface area contributed by atoms with E-state index in [1.54, 1.807) is 6.07 Å². The monoisotopic (exact) mass is 288 g/mol. The second-order valence-corrected chi connectivity index (χ2v) is 4.33. The van der Waals surface area contributed by atoms with Crippen molar-refractivity contribution in [3.63, 3.8) is 0 Å². The Morgan fingerprint density at radius 3 is 2.88 bits per heavy atom. The lowest BCUT2D eigenvalue weighted by atomic mass is 10.1. The molecule has 0 fully saturated rings. The zero-order valence-electron chi connectivity index (χ0n) is 9.13. The molecule has 0 radical (unpaired) electrons. The minimum atomic E-state index is -0.483. The van der Waals surface area contributed by atoms with Gasteiger partial charge in [0.05, 0.1) is 12.2 Å². The molecule has 0 amide bonds. The first-order valence-electron chi connectivity index (χ1n) is 5.21. The molecule has 0 aromatic heterocycles. The first-order valence-corrected chi connectivity index (χ1v) is 6.00. The molecule has 0 spiro atoms. The minimum Gasteiger partial charge on any atom is -0.381 e. The maximum atomic E-state index is 13.3. The van der Waals surface area contributed by atoms with Gasteiger partial charge < -0.3 is 4.74 Å². The third kappa shape index (κ3) is 4.02. The van der Waals surface area contributed by atoms with Gasteiger partial charge in [-0.25, -0.2) is 4.39 Å².